The average Bonchev–Trinajstić information content (AvgIpc) is 2.86. The van der Waals surface area contributed by atoms with Gasteiger partial charge in [0.2, 0.25) is 0 Å². The number of urea groups is 1. The van der Waals surface area contributed by atoms with Crippen molar-refractivity contribution in [3.63, 3.8) is 0 Å². The summed E-state index contributed by atoms with van der Waals surface area (Å²) in [4.78, 5) is 16.3. The number of nitrogens with one attached hydrogen (secondary N) is 2. The molecule has 2 atom stereocenters. The second kappa shape index (κ2) is 6.91. The SMILES string of the molecule is CCOC1CC(NC(=O)NCCCn2ccnc2C)C12CCC2. The number of amides is 2. The fourth-order valence-electron chi connectivity index (χ4n) is 3.94. The van der Waals surface area contributed by atoms with Crippen molar-refractivity contribution in [2.75, 3.05) is 13.2 Å². The second-order valence-corrected chi connectivity index (χ2v) is 6.74. The predicted octanol–water partition coefficient (Wildman–Crippen LogP) is 2.23. The van der Waals surface area contributed by atoms with E-state index >= 15 is 0 Å². The first-order valence-corrected chi connectivity index (χ1v) is 8.79. The number of rotatable bonds is 7. The molecule has 2 aliphatic carbocycles. The Balaban J connectivity index is 1.36. The molecule has 2 unspecified atom stereocenters. The van der Waals surface area contributed by atoms with Crippen molar-refractivity contribution in [1.29, 1.82) is 0 Å². The van der Waals surface area contributed by atoms with Crippen LogP contribution in [-0.2, 0) is 11.3 Å². The standard InChI is InChI=1S/C17H28N4O2/c1-3-23-15-12-14(17(15)6-4-7-17)20-16(22)19-8-5-10-21-11-9-18-13(21)2/h9,11,14-15H,3-8,10,12H2,1-2H3,(H2,19,20,22). The third kappa shape index (κ3) is 3.22. The highest BCUT2D eigenvalue weighted by Crippen LogP contribution is 2.57. The lowest BCUT2D eigenvalue weighted by Gasteiger charge is -2.60. The normalized spacial score (nSPS) is 24.8. The molecular weight excluding hydrogens is 292 g/mol. The Morgan fingerprint density at radius 1 is 1.52 bits per heavy atom. The van der Waals surface area contributed by atoms with Gasteiger partial charge in [-0.3, -0.25) is 0 Å². The van der Waals surface area contributed by atoms with Crippen molar-refractivity contribution in [3.8, 4) is 0 Å². The minimum absolute atomic E-state index is 0.0430. The molecule has 1 aromatic rings. The number of hydrogen-bond donors (Lipinski definition) is 2. The van der Waals surface area contributed by atoms with Gasteiger partial charge in [0, 0.05) is 43.5 Å². The van der Waals surface area contributed by atoms with Crippen LogP contribution in [-0.4, -0.2) is 40.9 Å². The Morgan fingerprint density at radius 2 is 2.35 bits per heavy atom. The zero-order valence-electron chi connectivity index (χ0n) is 14.2. The molecule has 2 aliphatic rings. The van der Waals surface area contributed by atoms with Crippen LogP contribution in [0.5, 0.6) is 0 Å². The lowest BCUT2D eigenvalue weighted by atomic mass is 9.51. The Labute approximate surface area is 138 Å². The van der Waals surface area contributed by atoms with Gasteiger partial charge in [-0.25, -0.2) is 9.78 Å². The quantitative estimate of drug-likeness (QED) is 0.757. The maximum atomic E-state index is 12.1. The minimum Gasteiger partial charge on any atom is -0.378 e. The summed E-state index contributed by atoms with van der Waals surface area (Å²) >= 11 is 0. The van der Waals surface area contributed by atoms with Crippen molar-refractivity contribution in [2.45, 2.75) is 64.6 Å². The Hall–Kier alpha value is -1.56. The van der Waals surface area contributed by atoms with Gasteiger partial charge in [0.05, 0.1) is 6.10 Å². The molecule has 6 nitrogen and oxygen atoms in total. The van der Waals surface area contributed by atoms with E-state index < -0.39 is 0 Å². The van der Waals surface area contributed by atoms with E-state index in [0.717, 1.165) is 31.8 Å². The van der Waals surface area contributed by atoms with Crippen molar-refractivity contribution in [3.05, 3.63) is 18.2 Å². The molecule has 1 heterocycles. The first-order chi connectivity index (χ1) is 11.2. The third-order valence-corrected chi connectivity index (χ3v) is 5.53. The molecular formula is C17H28N4O2. The van der Waals surface area contributed by atoms with E-state index in [0.29, 0.717) is 12.6 Å². The van der Waals surface area contributed by atoms with Crippen LogP contribution in [0.4, 0.5) is 4.79 Å². The smallest absolute Gasteiger partial charge is 0.315 e. The number of nitrogens with zero attached hydrogens (tertiary/aromatic N) is 2. The van der Waals surface area contributed by atoms with Crippen LogP contribution >= 0.6 is 0 Å². The van der Waals surface area contributed by atoms with Gasteiger partial charge in [-0.05, 0) is 39.5 Å². The summed E-state index contributed by atoms with van der Waals surface area (Å²) in [6, 6.07) is 0.238. The van der Waals surface area contributed by atoms with Crippen molar-refractivity contribution >= 4 is 6.03 Å². The Morgan fingerprint density at radius 3 is 2.96 bits per heavy atom. The first-order valence-electron chi connectivity index (χ1n) is 8.79. The minimum atomic E-state index is -0.0430. The summed E-state index contributed by atoms with van der Waals surface area (Å²) in [6.07, 6.45) is 9.60. The van der Waals surface area contributed by atoms with Gasteiger partial charge in [-0.1, -0.05) is 6.42 Å². The van der Waals surface area contributed by atoms with Gasteiger partial charge in [-0.15, -0.1) is 0 Å². The summed E-state index contributed by atoms with van der Waals surface area (Å²) in [6.45, 7) is 6.36. The highest BCUT2D eigenvalue weighted by Gasteiger charge is 2.59. The van der Waals surface area contributed by atoms with E-state index in [1.165, 1.54) is 19.3 Å². The number of carbonyl (C=O) groups excluding carboxylic acids is 1. The van der Waals surface area contributed by atoms with Gasteiger partial charge in [0.15, 0.2) is 0 Å². The van der Waals surface area contributed by atoms with Crippen molar-refractivity contribution < 1.29 is 9.53 Å². The van der Waals surface area contributed by atoms with Gasteiger partial charge < -0.3 is 19.9 Å². The highest BCUT2D eigenvalue weighted by atomic mass is 16.5. The fraction of sp³-hybridized carbons (Fsp3) is 0.765. The first kappa shape index (κ1) is 16.3. The summed E-state index contributed by atoms with van der Waals surface area (Å²) < 4.78 is 7.92. The fourth-order valence-corrected chi connectivity index (χ4v) is 3.94. The summed E-state index contributed by atoms with van der Waals surface area (Å²) in [5, 5.41) is 6.13. The molecule has 128 valence electrons. The lowest BCUT2D eigenvalue weighted by molar-refractivity contribution is -0.169. The molecule has 2 fully saturated rings. The summed E-state index contributed by atoms with van der Waals surface area (Å²) in [5.74, 6) is 1.01. The monoisotopic (exact) mass is 320 g/mol. The number of imidazole rings is 1. The number of ether oxygens (including phenoxy) is 1. The highest BCUT2D eigenvalue weighted by molar-refractivity contribution is 5.74. The van der Waals surface area contributed by atoms with Crippen LogP contribution < -0.4 is 10.6 Å². The van der Waals surface area contributed by atoms with E-state index in [2.05, 4.69) is 20.2 Å². The molecule has 2 saturated carbocycles. The molecule has 1 aromatic heterocycles. The number of aryl methyl sites for hydroxylation is 2. The zero-order chi connectivity index (χ0) is 16.3. The molecule has 3 rings (SSSR count). The predicted molar refractivity (Wildman–Crippen MR) is 88.2 cm³/mol. The zero-order valence-corrected chi connectivity index (χ0v) is 14.2. The average molecular weight is 320 g/mol. The molecule has 23 heavy (non-hydrogen) atoms. The van der Waals surface area contributed by atoms with Crippen molar-refractivity contribution in [2.24, 2.45) is 5.41 Å². The molecule has 0 saturated heterocycles. The Bertz CT molecular complexity index is 538. The molecule has 0 aliphatic heterocycles. The largest absolute Gasteiger partial charge is 0.378 e. The van der Waals surface area contributed by atoms with Crippen LogP contribution in [0.1, 0.15) is 44.9 Å². The molecule has 1 spiro atoms. The molecule has 2 amide bonds. The van der Waals surface area contributed by atoms with Gasteiger partial charge in [0.1, 0.15) is 5.82 Å². The van der Waals surface area contributed by atoms with E-state index in [-0.39, 0.29) is 17.5 Å². The summed E-state index contributed by atoms with van der Waals surface area (Å²) in [7, 11) is 0. The van der Waals surface area contributed by atoms with Crippen LogP contribution in [0.3, 0.4) is 0 Å². The third-order valence-electron chi connectivity index (χ3n) is 5.53. The molecule has 2 N–H and O–H groups in total. The van der Waals surface area contributed by atoms with Gasteiger partial charge >= 0.3 is 6.03 Å². The summed E-state index contributed by atoms with van der Waals surface area (Å²) in [5.41, 5.74) is 0.223. The number of hydrogen-bond acceptors (Lipinski definition) is 3. The molecule has 0 aromatic carbocycles. The molecule has 0 bridgehead atoms. The molecule has 0 radical (unpaired) electrons. The van der Waals surface area contributed by atoms with E-state index in [9.17, 15) is 4.79 Å². The van der Waals surface area contributed by atoms with Crippen LogP contribution in [0, 0.1) is 12.3 Å². The van der Waals surface area contributed by atoms with Gasteiger partial charge in [-0.2, -0.15) is 0 Å². The van der Waals surface area contributed by atoms with Crippen LogP contribution in [0.2, 0.25) is 0 Å². The Kier molecular flexibility index (Phi) is 4.90. The van der Waals surface area contributed by atoms with E-state index in [1.54, 1.807) is 6.20 Å². The van der Waals surface area contributed by atoms with E-state index in [4.69, 9.17) is 4.74 Å². The maximum absolute atomic E-state index is 12.1. The van der Waals surface area contributed by atoms with E-state index in [1.807, 2.05) is 20.0 Å². The van der Waals surface area contributed by atoms with Gasteiger partial charge in [0.25, 0.3) is 0 Å². The maximum Gasteiger partial charge on any atom is 0.315 e. The number of carbonyl (C=O) groups is 1. The van der Waals surface area contributed by atoms with Crippen LogP contribution in [0.15, 0.2) is 12.4 Å². The topological polar surface area (TPSA) is 68.2 Å². The van der Waals surface area contributed by atoms with Crippen molar-refractivity contribution in [1.82, 2.24) is 20.2 Å². The number of aromatic nitrogens is 2. The lowest BCUT2D eigenvalue weighted by Crippen LogP contribution is -2.68. The van der Waals surface area contributed by atoms with Crippen LogP contribution in [0.25, 0.3) is 0 Å². The second-order valence-electron chi connectivity index (χ2n) is 6.74. The molecule has 6 heteroatoms.